The minimum atomic E-state index is 0.350. The molecular formula is C18H22N6O. The van der Waals surface area contributed by atoms with E-state index in [1.54, 1.807) is 0 Å². The summed E-state index contributed by atoms with van der Waals surface area (Å²) in [5.74, 6) is 3.37. The molecule has 1 aromatic carbocycles. The predicted octanol–water partition coefficient (Wildman–Crippen LogP) is 1.92. The summed E-state index contributed by atoms with van der Waals surface area (Å²) in [7, 11) is 0. The van der Waals surface area contributed by atoms with Crippen molar-refractivity contribution in [3.05, 3.63) is 59.3 Å². The van der Waals surface area contributed by atoms with Crippen LogP contribution >= 0.6 is 0 Å². The van der Waals surface area contributed by atoms with Crippen LogP contribution in [-0.2, 0) is 32.4 Å². The van der Waals surface area contributed by atoms with Gasteiger partial charge >= 0.3 is 0 Å². The molecule has 2 aromatic heterocycles. The van der Waals surface area contributed by atoms with E-state index in [2.05, 4.69) is 44.6 Å². The van der Waals surface area contributed by atoms with E-state index >= 15 is 0 Å². The molecule has 0 unspecified atom stereocenters. The fraction of sp³-hybridized carbons (Fsp3) is 0.444. The third kappa shape index (κ3) is 3.76. The second kappa shape index (κ2) is 7.14. The minimum Gasteiger partial charge on any atom is -0.338 e. The molecule has 0 aliphatic carbocycles. The zero-order valence-electron chi connectivity index (χ0n) is 14.4. The Bertz CT molecular complexity index is 825. The van der Waals surface area contributed by atoms with Crippen LogP contribution in [0.5, 0.6) is 0 Å². The van der Waals surface area contributed by atoms with Gasteiger partial charge in [0.1, 0.15) is 5.82 Å². The zero-order valence-corrected chi connectivity index (χ0v) is 14.4. The Kier molecular flexibility index (Phi) is 4.56. The van der Waals surface area contributed by atoms with Gasteiger partial charge in [-0.15, -0.1) is 0 Å². The predicted molar refractivity (Wildman–Crippen MR) is 91.9 cm³/mol. The first-order chi connectivity index (χ1) is 12.3. The first-order valence-corrected chi connectivity index (χ1v) is 8.81. The number of hydrogen-bond acceptors (Lipinski definition) is 6. The van der Waals surface area contributed by atoms with Gasteiger partial charge in [-0.25, -0.2) is 9.67 Å². The number of nitrogens with zero attached hydrogens (tertiary/aromatic N) is 5. The summed E-state index contributed by atoms with van der Waals surface area (Å²) < 4.78 is 7.38. The highest BCUT2D eigenvalue weighted by Gasteiger charge is 2.21. The Balaban J connectivity index is 1.32. The number of hydrogen-bond donors (Lipinski definition) is 1. The summed E-state index contributed by atoms with van der Waals surface area (Å²) in [6, 6.07) is 10.5. The molecule has 7 nitrogen and oxygen atoms in total. The third-order valence-electron chi connectivity index (χ3n) is 4.48. The van der Waals surface area contributed by atoms with Crippen LogP contribution in [0.4, 0.5) is 0 Å². The fourth-order valence-electron chi connectivity index (χ4n) is 3.12. The van der Waals surface area contributed by atoms with E-state index in [0.717, 1.165) is 43.3 Å². The summed E-state index contributed by atoms with van der Waals surface area (Å²) in [6.07, 6.45) is 3.57. The summed E-state index contributed by atoms with van der Waals surface area (Å²) in [4.78, 5) is 9.02. The molecule has 0 amide bonds. The smallest absolute Gasteiger partial charge is 0.240 e. The van der Waals surface area contributed by atoms with Crippen molar-refractivity contribution < 1.29 is 4.52 Å². The molecule has 25 heavy (non-hydrogen) atoms. The molecule has 0 saturated heterocycles. The third-order valence-corrected chi connectivity index (χ3v) is 4.48. The summed E-state index contributed by atoms with van der Waals surface area (Å²) >= 11 is 0. The van der Waals surface area contributed by atoms with Gasteiger partial charge in [-0.2, -0.15) is 10.1 Å². The Labute approximate surface area is 146 Å². The highest BCUT2D eigenvalue weighted by Crippen LogP contribution is 2.14. The molecule has 4 rings (SSSR count). The maximum atomic E-state index is 5.36. The second-order valence-corrected chi connectivity index (χ2v) is 6.36. The van der Waals surface area contributed by atoms with Gasteiger partial charge < -0.3 is 9.84 Å². The van der Waals surface area contributed by atoms with Gasteiger partial charge in [0.05, 0.1) is 13.1 Å². The lowest BCUT2D eigenvalue weighted by molar-refractivity contribution is 0.319. The van der Waals surface area contributed by atoms with Crippen molar-refractivity contribution in [2.45, 2.75) is 51.7 Å². The Hall–Kier alpha value is -2.54. The van der Waals surface area contributed by atoms with Crippen LogP contribution in [-0.4, -0.2) is 30.9 Å². The Morgan fingerprint density at radius 3 is 2.92 bits per heavy atom. The van der Waals surface area contributed by atoms with Gasteiger partial charge in [0.15, 0.2) is 11.6 Å². The van der Waals surface area contributed by atoms with Gasteiger partial charge in [-0.05, 0) is 12.0 Å². The number of fused-ring (bicyclic) bond motifs is 1. The highest BCUT2D eigenvalue weighted by molar-refractivity contribution is 5.18. The number of nitrogens with one attached hydrogen (secondary N) is 1. The van der Waals surface area contributed by atoms with Crippen LogP contribution < -0.4 is 5.32 Å². The van der Waals surface area contributed by atoms with Crippen LogP contribution in [0.25, 0.3) is 0 Å². The highest BCUT2D eigenvalue weighted by atomic mass is 16.5. The molecule has 3 heterocycles. The summed E-state index contributed by atoms with van der Waals surface area (Å²) in [5.41, 5.74) is 1.18. The van der Waals surface area contributed by atoms with Gasteiger partial charge in [0.2, 0.25) is 5.89 Å². The second-order valence-electron chi connectivity index (χ2n) is 6.36. The Morgan fingerprint density at radius 2 is 2.08 bits per heavy atom. The van der Waals surface area contributed by atoms with E-state index < -0.39 is 0 Å². The van der Waals surface area contributed by atoms with Crippen molar-refractivity contribution in [2.75, 3.05) is 0 Å². The quantitative estimate of drug-likeness (QED) is 0.739. The lowest BCUT2D eigenvalue weighted by Crippen LogP contribution is -2.37. The number of aryl methyl sites for hydroxylation is 2. The van der Waals surface area contributed by atoms with Crippen molar-refractivity contribution in [2.24, 2.45) is 0 Å². The number of aromatic nitrogens is 5. The van der Waals surface area contributed by atoms with E-state index in [1.807, 2.05) is 22.9 Å². The molecule has 130 valence electrons. The van der Waals surface area contributed by atoms with E-state index in [1.165, 1.54) is 5.56 Å². The zero-order chi connectivity index (χ0) is 17.1. The van der Waals surface area contributed by atoms with Crippen LogP contribution in [0.3, 0.4) is 0 Å². The largest absolute Gasteiger partial charge is 0.338 e. The van der Waals surface area contributed by atoms with Crippen molar-refractivity contribution >= 4 is 0 Å². The first-order valence-electron chi connectivity index (χ1n) is 8.81. The molecule has 0 spiro atoms. The first kappa shape index (κ1) is 16.0. The summed E-state index contributed by atoms with van der Waals surface area (Å²) in [6.45, 7) is 3.50. The maximum absolute atomic E-state index is 5.36. The van der Waals surface area contributed by atoms with E-state index in [4.69, 9.17) is 4.52 Å². The number of benzene rings is 1. The van der Waals surface area contributed by atoms with Gasteiger partial charge in [-0.1, -0.05) is 42.4 Å². The SMILES string of the molecule is CCc1nc2n(n1)C[C@@H](NCc1nc(Cc3ccccc3)no1)CC2. The summed E-state index contributed by atoms with van der Waals surface area (Å²) in [5, 5.41) is 12.1. The van der Waals surface area contributed by atoms with Crippen molar-refractivity contribution in [3.8, 4) is 0 Å². The van der Waals surface area contributed by atoms with Crippen molar-refractivity contribution in [3.63, 3.8) is 0 Å². The topological polar surface area (TPSA) is 81.7 Å². The molecule has 1 N–H and O–H groups in total. The lowest BCUT2D eigenvalue weighted by Gasteiger charge is -2.22. The van der Waals surface area contributed by atoms with E-state index in [-0.39, 0.29) is 0 Å². The normalized spacial score (nSPS) is 16.8. The van der Waals surface area contributed by atoms with Crippen molar-refractivity contribution in [1.29, 1.82) is 0 Å². The van der Waals surface area contributed by atoms with Crippen LogP contribution in [0, 0.1) is 0 Å². The number of rotatable bonds is 6. The molecule has 1 aliphatic heterocycles. The maximum Gasteiger partial charge on any atom is 0.240 e. The molecule has 0 radical (unpaired) electrons. The molecule has 0 fully saturated rings. The van der Waals surface area contributed by atoms with Crippen LogP contribution in [0.2, 0.25) is 0 Å². The Morgan fingerprint density at radius 1 is 1.20 bits per heavy atom. The molecule has 7 heteroatoms. The van der Waals surface area contributed by atoms with Crippen LogP contribution in [0.15, 0.2) is 34.9 Å². The fourth-order valence-corrected chi connectivity index (χ4v) is 3.12. The molecule has 0 bridgehead atoms. The average molecular weight is 338 g/mol. The average Bonchev–Trinajstić information content (AvgIpc) is 3.26. The van der Waals surface area contributed by atoms with E-state index in [0.29, 0.717) is 24.9 Å². The van der Waals surface area contributed by atoms with E-state index in [9.17, 15) is 0 Å². The molecule has 0 saturated carbocycles. The lowest BCUT2D eigenvalue weighted by atomic mass is 10.1. The molecule has 1 atom stereocenters. The minimum absolute atomic E-state index is 0.350. The molecular weight excluding hydrogens is 316 g/mol. The standard InChI is InChI=1S/C18H22N6O/c1-2-15-20-17-9-8-14(12-24(17)22-15)19-11-18-21-16(23-25-18)10-13-6-4-3-5-7-13/h3-7,14,19H,2,8-12H2,1H3/t14-/m0/s1. The monoisotopic (exact) mass is 338 g/mol. The molecule has 3 aromatic rings. The van der Waals surface area contributed by atoms with Crippen LogP contribution in [0.1, 0.15) is 42.3 Å². The van der Waals surface area contributed by atoms with Crippen molar-refractivity contribution in [1.82, 2.24) is 30.2 Å². The van der Waals surface area contributed by atoms with Gasteiger partial charge in [0.25, 0.3) is 0 Å². The molecule has 1 aliphatic rings. The van der Waals surface area contributed by atoms with Gasteiger partial charge in [0, 0.05) is 25.3 Å². The van der Waals surface area contributed by atoms with Gasteiger partial charge in [-0.3, -0.25) is 0 Å².